The molecule has 0 aliphatic heterocycles. The number of rotatable bonds is 1. The Balaban J connectivity index is 1.67. The molecule has 0 radical (unpaired) electrons. The molecule has 0 nitrogen and oxygen atoms in total. The molecule has 4 bridgehead atoms. The highest BCUT2D eigenvalue weighted by Gasteiger charge is 2.48. The molecule has 0 saturated heterocycles. The van der Waals surface area contributed by atoms with Crippen molar-refractivity contribution >= 4 is 0 Å². The monoisotopic (exact) mass is 200 g/mol. The number of hydrogen-bond acceptors (Lipinski definition) is 0. The van der Waals surface area contributed by atoms with Crippen LogP contribution in [0.5, 0.6) is 0 Å². The van der Waals surface area contributed by atoms with Gasteiger partial charge in [0.2, 0.25) is 0 Å². The molecule has 0 heteroatoms. The fraction of sp³-hybridized carbons (Fsp3) is 0.733. The summed E-state index contributed by atoms with van der Waals surface area (Å²) >= 11 is 0. The van der Waals surface area contributed by atoms with Crippen molar-refractivity contribution in [3.05, 3.63) is 23.8 Å². The topological polar surface area (TPSA) is 0 Å². The quantitative estimate of drug-likeness (QED) is 0.601. The Morgan fingerprint density at radius 3 is 2.07 bits per heavy atom. The van der Waals surface area contributed by atoms with E-state index >= 15 is 0 Å². The first-order chi connectivity index (χ1) is 7.40. The zero-order chi connectivity index (χ0) is 9.83. The average Bonchev–Trinajstić information content (AvgIpc) is 2.69. The molecule has 0 aromatic carbocycles. The summed E-state index contributed by atoms with van der Waals surface area (Å²) in [4.78, 5) is 0. The van der Waals surface area contributed by atoms with Crippen LogP contribution in [0.3, 0.4) is 0 Å². The van der Waals surface area contributed by atoms with Gasteiger partial charge in [-0.3, -0.25) is 0 Å². The van der Waals surface area contributed by atoms with Gasteiger partial charge in [0.1, 0.15) is 0 Å². The van der Waals surface area contributed by atoms with E-state index in [9.17, 15) is 0 Å². The highest BCUT2D eigenvalue weighted by Crippen LogP contribution is 2.58. The first-order valence-corrected chi connectivity index (χ1v) is 6.77. The fourth-order valence-electron chi connectivity index (χ4n) is 5.19. The maximum Gasteiger partial charge on any atom is -0.0108 e. The lowest BCUT2D eigenvalue weighted by Crippen LogP contribution is -2.45. The molecule has 0 amide bonds. The SMILES string of the molecule is C1=CC(C2C3CC4CC(C3)CC2C4)=CC1. The van der Waals surface area contributed by atoms with Gasteiger partial charge in [0.05, 0.1) is 0 Å². The van der Waals surface area contributed by atoms with E-state index in [-0.39, 0.29) is 0 Å². The van der Waals surface area contributed by atoms with E-state index in [0.29, 0.717) is 0 Å². The van der Waals surface area contributed by atoms with Crippen molar-refractivity contribution in [2.24, 2.45) is 29.6 Å². The zero-order valence-electron chi connectivity index (χ0n) is 9.36. The van der Waals surface area contributed by atoms with Gasteiger partial charge in [0, 0.05) is 0 Å². The predicted molar refractivity (Wildman–Crippen MR) is 62.4 cm³/mol. The highest BCUT2D eigenvalue weighted by molar-refractivity contribution is 5.31. The van der Waals surface area contributed by atoms with Crippen LogP contribution in [-0.4, -0.2) is 0 Å². The molecule has 0 atom stereocenters. The minimum Gasteiger partial charge on any atom is -0.0805 e. The lowest BCUT2D eigenvalue weighted by atomic mass is 9.50. The second-order valence-corrected chi connectivity index (χ2v) is 6.30. The molecule has 0 N–H and O–H groups in total. The molecule has 80 valence electrons. The summed E-state index contributed by atoms with van der Waals surface area (Å²) < 4.78 is 0. The van der Waals surface area contributed by atoms with Crippen LogP contribution in [0, 0.1) is 29.6 Å². The van der Waals surface area contributed by atoms with Crippen LogP contribution in [-0.2, 0) is 0 Å². The first kappa shape index (κ1) is 8.61. The lowest BCUT2D eigenvalue weighted by Gasteiger charge is -2.54. The van der Waals surface area contributed by atoms with Crippen molar-refractivity contribution in [3.8, 4) is 0 Å². The van der Waals surface area contributed by atoms with E-state index < -0.39 is 0 Å². The molecule has 0 unspecified atom stereocenters. The normalized spacial score (nSPS) is 51.2. The van der Waals surface area contributed by atoms with Crippen LogP contribution in [0.1, 0.15) is 38.5 Å². The van der Waals surface area contributed by atoms with Crippen LogP contribution >= 0.6 is 0 Å². The molecule has 4 saturated carbocycles. The smallest absolute Gasteiger partial charge is 0.0108 e. The van der Waals surface area contributed by atoms with Gasteiger partial charge in [-0.05, 0) is 73.7 Å². The first-order valence-electron chi connectivity index (χ1n) is 6.77. The summed E-state index contributed by atoms with van der Waals surface area (Å²) in [5, 5.41) is 0. The van der Waals surface area contributed by atoms with Gasteiger partial charge in [-0.1, -0.05) is 18.2 Å². The summed E-state index contributed by atoms with van der Waals surface area (Å²) in [5.74, 6) is 5.34. The molecule has 5 aliphatic rings. The molecule has 0 aromatic heterocycles. The Morgan fingerprint density at radius 1 is 0.867 bits per heavy atom. The minimum atomic E-state index is 0.969. The van der Waals surface area contributed by atoms with Crippen molar-refractivity contribution < 1.29 is 0 Å². The van der Waals surface area contributed by atoms with Crippen LogP contribution in [0.15, 0.2) is 23.8 Å². The Kier molecular flexibility index (Phi) is 1.72. The fourth-order valence-corrected chi connectivity index (χ4v) is 5.19. The maximum atomic E-state index is 2.49. The molecule has 4 fully saturated rings. The minimum absolute atomic E-state index is 0.969. The van der Waals surface area contributed by atoms with Gasteiger partial charge in [-0.15, -0.1) is 0 Å². The zero-order valence-corrected chi connectivity index (χ0v) is 9.36. The summed E-state index contributed by atoms with van der Waals surface area (Å²) in [6.45, 7) is 0. The molecule has 0 heterocycles. The van der Waals surface area contributed by atoms with Crippen molar-refractivity contribution in [1.29, 1.82) is 0 Å². The van der Waals surface area contributed by atoms with Gasteiger partial charge >= 0.3 is 0 Å². The van der Waals surface area contributed by atoms with Gasteiger partial charge in [0.15, 0.2) is 0 Å². The largest absolute Gasteiger partial charge is 0.0805 e. The van der Waals surface area contributed by atoms with E-state index in [2.05, 4.69) is 18.2 Å². The van der Waals surface area contributed by atoms with Crippen LogP contribution in [0.4, 0.5) is 0 Å². The van der Waals surface area contributed by atoms with Crippen molar-refractivity contribution in [2.75, 3.05) is 0 Å². The third-order valence-electron chi connectivity index (χ3n) is 5.41. The summed E-state index contributed by atoms with van der Waals surface area (Å²) in [6, 6.07) is 0. The van der Waals surface area contributed by atoms with E-state index in [1.165, 1.54) is 6.42 Å². The lowest BCUT2D eigenvalue weighted by molar-refractivity contribution is -0.0194. The van der Waals surface area contributed by atoms with E-state index in [1.54, 1.807) is 37.7 Å². The van der Waals surface area contributed by atoms with Gasteiger partial charge < -0.3 is 0 Å². The molecule has 0 aromatic rings. The molecular formula is C15H20. The summed E-state index contributed by atoms with van der Waals surface area (Å²) in [6.07, 6.45) is 16.3. The second-order valence-electron chi connectivity index (χ2n) is 6.30. The molecular weight excluding hydrogens is 180 g/mol. The number of hydrogen-bond donors (Lipinski definition) is 0. The Bertz CT molecular complexity index is 306. The van der Waals surface area contributed by atoms with Crippen LogP contribution in [0.25, 0.3) is 0 Å². The van der Waals surface area contributed by atoms with Gasteiger partial charge in [-0.25, -0.2) is 0 Å². The molecule has 5 aliphatic carbocycles. The van der Waals surface area contributed by atoms with E-state index in [4.69, 9.17) is 0 Å². The molecule has 5 rings (SSSR count). The van der Waals surface area contributed by atoms with Crippen molar-refractivity contribution in [1.82, 2.24) is 0 Å². The van der Waals surface area contributed by atoms with Gasteiger partial charge in [0.25, 0.3) is 0 Å². The highest BCUT2D eigenvalue weighted by atomic mass is 14.5. The Labute approximate surface area is 92.4 Å². The Morgan fingerprint density at radius 2 is 1.53 bits per heavy atom. The third kappa shape index (κ3) is 1.20. The maximum absolute atomic E-state index is 2.49. The van der Waals surface area contributed by atoms with Gasteiger partial charge in [-0.2, -0.15) is 0 Å². The standard InChI is InChI=1S/C15H20/c1-2-4-12(3-1)15-13-6-10-5-11(8-13)9-14(15)7-10/h1,3-4,10-11,13-15H,2,5-9H2. The van der Waals surface area contributed by atoms with E-state index in [0.717, 1.165) is 29.6 Å². The summed E-state index contributed by atoms with van der Waals surface area (Å²) in [5.41, 5.74) is 1.71. The predicted octanol–water partition coefficient (Wildman–Crippen LogP) is 3.95. The summed E-state index contributed by atoms with van der Waals surface area (Å²) in [7, 11) is 0. The van der Waals surface area contributed by atoms with E-state index in [1.807, 2.05) is 0 Å². The molecule has 15 heavy (non-hydrogen) atoms. The van der Waals surface area contributed by atoms with Crippen LogP contribution < -0.4 is 0 Å². The Hall–Kier alpha value is -0.520. The molecule has 0 spiro atoms. The second kappa shape index (κ2) is 2.99. The van der Waals surface area contributed by atoms with Crippen molar-refractivity contribution in [3.63, 3.8) is 0 Å². The average molecular weight is 200 g/mol. The number of allylic oxidation sites excluding steroid dienone is 4. The van der Waals surface area contributed by atoms with Crippen LogP contribution in [0.2, 0.25) is 0 Å². The van der Waals surface area contributed by atoms with Crippen molar-refractivity contribution in [2.45, 2.75) is 38.5 Å². The third-order valence-corrected chi connectivity index (χ3v) is 5.41.